The first-order valence-corrected chi connectivity index (χ1v) is 5.65. The Hall–Kier alpha value is -0.0900. The second kappa shape index (κ2) is 4.96. The van der Waals surface area contributed by atoms with Gasteiger partial charge in [-0.1, -0.05) is 19.1 Å². The smallest absolute Gasteiger partial charge is 0.0130 e. The third-order valence-corrected chi connectivity index (χ3v) is 3.32. The second-order valence-corrected chi connectivity index (χ2v) is 4.66. The van der Waals surface area contributed by atoms with Gasteiger partial charge in [-0.15, -0.1) is 0 Å². The average Bonchev–Trinajstić information content (AvgIpc) is 2.17. The van der Waals surface area contributed by atoms with Crippen LogP contribution in [0.3, 0.4) is 0 Å². The van der Waals surface area contributed by atoms with E-state index in [1.165, 1.54) is 9.13 Å². The summed E-state index contributed by atoms with van der Waals surface area (Å²) in [6, 6.07) is 9.27. The van der Waals surface area contributed by atoms with Gasteiger partial charge in [0.05, 0.1) is 0 Å². The molecule has 0 spiro atoms. The third kappa shape index (κ3) is 2.95. The van der Waals surface area contributed by atoms with E-state index in [0.29, 0.717) is 12.0 Å². The fourth-order valence-electron chi connectivity index (χ4n) is 1.31. The first-order valence-electron chi connectivity index (χ1n) is 4.58. The summed E-state index contributed by atoms with van der Waals surface area (Å²) in [5, 5.41) is 3.28. The van der Waals surface area contributed by atoms with Crippen molar-refractivity contribution < 1.29 is 0 Å². The molecule has 0 aromatic heterocycles. The summed E-state index contributed by atoms with van der Waals surface area (Å²) in [6.45, 7) is 4.46. The lowest BCUT2D eigenvalue weighted by Gasteiger charge is -2.19. The molecule has 0 amide bonds. The fourth-order valence-corrected chi connectivity index (χ4v) is 1.66. The molecule has 0 bridgehead atoms. The van der Waals surface area contributed by atoms with E-state index in [1.54, 1.807) is 0 Å². The molecule has 1 aromatic carbocycles. The molecule has 0 saturated carbocycles. The van der Waals surface area contributed by atoms with E-state index in [9.17, 15) is 0 Å². The Morgan fingerprint density at radius 2 is 1.69 bits per heavy atom. The minimum Gasteiger partial charge on any atom is -0.317 e. The van der Waals surface area contributed by atoms with Crippen LogP contribution in [-0.4, -0.2) is 13.1 Å². The highest BCUT2D eigenvalue weighted by Crippen LogP contribution is 2.19. The van der Waals surface area contributed by atoms with Crippen LogP contribution in [0, 0.1) is 3.57 Å². The number of likely N-dealkylation sites (N-methyl/N-ethyl adjacent to an activating group) is 1. The molecular weight excluding hydrogens is 273 g/mol. The standard InChI is InChI=1S/C11H16IN/c1-8(9(2)13-3)10-4-6-11(12)7-5-10/h4-9,13H,1-3H3. The lowest BCUT2D eigenvalue weighted by molar-refractivity contribution is 0.524. The van der Waals surface area contributed by atoms with Crippen molar-refractivity contribution in [2.45, 2.75) is 25.8 Å². The van der Waals surface area contributed by atoms with E-state index in [4.69, 9.17) is 0 Å². The van der Waals surface area contributed by atoms with Crippen molar-refractivity contribution in [2.75, 3.05) is 7.05 Å². The highest BCUT2D eigenvalue weighted by molar-refractivity contribution is 14.1. The minimum atomic E-state index is 0.528. The maximum Gasteiger partial charge on any atom is 0.0130 e. The zero-order valence-corrected chi connectivity index (χ0v) is 10.5. The van der Waals surface area contributed by atoms with E-state index in [0.717, 1.165) is 0 Å². The number of hydrogen-bond donors (Lipinski definition) is 1. The fraction of sp³-hybridized carbons (Fsp3) is 0.455. The van der Waals surface area contributed by atoms with Crippen molar-refractivity contribution >= 4 is 22.6 Å². The molecule has 0 aliphatic heterocycles. The van der Waals surface area contributed by atoms with E-state index < -0.39 is 0 Å². The molecule has 1 N–H and O–H groups in total. The molecule has 0 aliphatic rings. The summed E-state index contributed by atoms with van der Waals surface area (Å²) < 4.78 is 1.30. The van der Waals surface area contributed by atoms with Crippen molar-refractivity contribution in [3.05, 3.63) is 33.4 Å². The van der Waals surface area contributed by atoms with E-state index in [1.807, 2.05) is 7.05 Å². The van der Waals surface area contributed by atoms with Crippen LogP contribution in [-0.2, 0) is 0 Å². The van der Waals surface area contributed by atoms with Gasteiger partial charge in [0, 0.05) is 9.61 Å². The Morgan fingerprint density at radius 1 is 1.15 bits per heavy atom. The molecule has 72 valence electrons. The topological polar surface area (TPSA) is 12.0 Å². The third-order valence-electron chi connectivity index (χ3n) is 2.60. The molecule has 0 heterocycles. The van der Waals surface area contributed by atoms with Crippen LogP contribution in [0.5, 0.6) is 0 Å². The quantitative estimate of drug-likeness (QED) is 0.843. The van der Waals surface area contributed by atoms with Crippen molar-refractivity contribution in [1.82, 2.24) is 5.32 Å². The highest BCUT2D eigenvalue weighted by Gasteiger charge is 2.11. The van der Waals surface area contributed by atoms with Crippen LogP contribution < -0.4 is 5.32 Å². The van der Waals surface area contributed by atoms with Gasteiger partial charge in [-0.05, 0) is 60.2 Å². The lowest BCUT2D eigenvalue weighted by atomic mass is 9.95. The van der Waals surface area contributed by atoms with Gasteiger partial charge in [-0.3, -0.25) is 0 Å². The van der Waals surface area contributed by atoms with Crippen LogP contribution in [0.25, 0.3) is 0 Å². The molecular formula is C11H16IN. The Labute approximate surface area is 94.1 Å². The Balaban J connectivity index is 2.77. The van der Waals surface area contributed by atoms with Gasteiger partial charge in [0.2, 0.25) is 0 Å². The van der Waals surface area contributed by atoms with Gasteiger partial charge in [-0.2, -0.15) is 0 Å². The number of rotatable bonds is 3. The Bertz CT molecular complexity index is 255. The lowest BCUT2D eigenvalue weighted by Crippen LogP contribution is -2.27. The van der Waals surface area contributed by atoms with Crippen molar-refractivity contribution in [3.63, 3.8) is 0 Å². The van der Waals surface area contributed by atoms with Gasteiger partial charge in [-0.25, -0.2) is 0 Å². The summed E-state index contributed by atoms with van der Waals surface area (Å²) in [7, 11) is 2.01. The van der Waals surface area contributed by atoms with Crippen molar-refractivity contribution in [3.8, 4) is 0 Å². The monoisotopic (exact) mass is 289 g/mol. The molecule has 0 aliphatic carbocycles. The van der Waals surface area contributed by atoms with Crippen LogP contribution in [0.2, 0.25) is 0 Å². The molecule has 0 saturated heterocycles. The first-order chi connectivity index (χ1) is 6.15. The summed E-state index contributed by atoms with van der Waals surface area (Å²) in [6.07, 6.45) is 0. The predicted octanol–water partition coefficient (Wildman–Crippen LogP) is 3.00. The Kier molecular flexibility index (Phi) is 4.19. The van der Waals surface area contributed by atoms with Gasteiger partial charge >= 0.3 is 0 Å². The molecule has 1 rings (SSSR count). The highest BCUT2D eigenvalue weighted by atomic mass is 127. The summed E-state index contributed by atoms with van der Waals surface area (Å²) in [4.78, 5) is 0. The van der Waals surface area contributed by atoms with E-state index >= 15 is 0 Å². The molecule has 2 atom stereocenters. The molecule has 13 heavy (non-hydrogen) atoms. The van der Waals surface area contributed by atoms with Crippen molar-refractivity contribution in [1.29, 1.82) is 0 Å². The number of halogens is 1. The number of benzene rings is 1. The minimum absolute atomic E-state index is 0.528. The summed E-state index contributed by atoms with van der Waals surface area (Å²) >= 11 is 2.33. The maximum absolute atomic E-state index is 3.28. The molecule has 2 heteroatoms. The van der Waals surface area contributed by atoms with Gasteiger partial charge in [0.25, 0.3) is 0 Å². The molecule has 2 unspecified atom stereocenters. The van der Waals surface area contributed by atoms with Crippen LogP contribution in [0.1, 0.15) is 25.3 Å². The molecule has 1 nitrogen and oxygen atoms in total. The van der Waals surface area contributed by atoms with Gasteiger partial charge in [0.15, 0.2) is 0 Å². The van der Waals surface area contributed by atoms with E-state index in [-0.39, 0.29) is 0 Å². The molecule has 1 aromatic rings. The van der Waals surface area contributed by atoms with Crippen LogP contribution in [0.15, 0.2) is 24.3 Å². The summed E-state index contributed by atoms with van der Waals surface area (Å²) in [5.74, 6) is 0.571. The SMILES string of the molecule is CNC(C)C(C)c1ccc(I)cc1. The average molecular weight is 289 g/mol. The zero-order valence-electron chi connectivity index (χ0n) is 8.34. The maximum atomic E-state index is 3.28. The molecule has 0 fully saturated rings. The van der Waals surface area contributed by atoms with Gasteiger partial charge in [0.1, 0.15) is 0 Å². The largest absolute Gasteiger partial charge is 0.317 e. The predicted molar refractivity (Wildman–Crippen MR) is 66.1 cm³/mol. The molecule has 0 radical (unpaired) electrons. The first kappa shape index (κ1) is 11.0. The van der Waals surface area contributed by atoms with Crippen LogP contribution in [0.4, 0.5) is 0 Å². The van der Waals surface area contributed by atoms with Crippen molar-refractivity contribution in [2.24, 2.45) is 0 Å². The zero-order chi connectivity index (χ0) is 9.84. The summed E-state index contributed by atoms with van der Waals surface area (Å²) in [5.41, 5.74) is 1.40. The number of nitrogens with one attached hydrogen (secondary N) is 1. The second-order valence-electron chi connectivity index (χ2n) is 3.42. The van der Waals surface area contributed by atoms with E-state index in [2.05, 4.69) is 66.0 Å². The van der Waals surface area contributed by atoms with Crippen LogP contribution >= 0.6 is 22.6 Å². The van der Waals surface area contributed by atoms with Gasteiger partial charge < -0.3 is 5.32 Å². The normalized spacial score (nSPS) is 15.4. The number of hydrogen-bond acceptors (Lipinski definition) is 1. The Morgan fingerprint density at radius 3 is 2.15 bits per heavy atom.